The molecule has 1 atom stereocenters. The maximum absolute atomic E-state index is 12.6. The van der Waals surface area contributed by atoms with Crippen molar-refractivity contribution in [3.05, 3.63) is 57.6 Å². The SMILES string of the molecule is COc1ccc(NC(=O)CN2CCC[C@@H]2c2nc3ccccc3s2)c([N+](=O)[O-])c1. The second kappa shape index (κ2) is 8.14. The fourth-order valence-electron chi connectivity index (χ4n) is 3.60. The van der Waals surface area contributed by atoms with Gasteiger partial charge in [0.2, 0.25) is 5.91 Å². The van der Waals surface area contributed by atoms with Gasteiger partial charge in [0.05, 0.1) is 40.9 Å². The molecule has 1 fully saturated rings. The monoisotopic (exact) mass is 412 g/mol. The second-order valence-electron chi connectivity index (χ2n) is 6.84. The smallest absolute Gasteiger partial charge is 0.296 e. The topological polar surface area (TPSA) is 97.6 Å². The van der Waals surface area contributed by atoms with Crippen LogP contribution >= 0.6 is 11.3 Å². The van der Waals surface area contributed by atoms with Crippen LogP contribution in [0.1, 0.15) is 23.9 Å². The van der Waals surface area contributed by atoms with Gasteiger partial charge in [-0.05, 0) is 43.7 Å². The van der Waals surface area contributed by atoms with Crippen LogP contribution in [0, 0.1) is 10.1 Å². The highest BCUT2D eigenvalue weighted by atomic mass is 32.1. The minimum absolute atomic E-state index is 0.0870. The molecule has 0 aliphatic carbocycles. The van der Waals surface area contributed by atoms with Crippen LogP contribution in [0.2, 0.25) is 0 Å². The fourth-order valence-corrected chi connectivity index (χ4v) is 4.73. The normalized spacial score (nSPS) is 16.8. The van der Waals surface area contributed by atoms with E-state index in [9.17, 15) is 14.9 Å². The molecule has 0 spiro atoms. The number of nitrogens with zero attached hydrogens (tertiary/aromatic N) is 3. The predicted octanol–water partition coefficient (Wildman–Crippen LogP) is 3.99. The van der Waals surface area contributed by atoms with E-state index >= 15 is 0 Å². The Morgan fingerprint density at radius 3 is 2.97 bits per heavy atom. The largest absolute Gasteiger partial charge is 0.496 e. The average Bonchev–Trinajstić information content (AvgIpc) is 3.34. The van der Waals surface area contributed by atoms with E-state index < -0.39 is 4.92 Å². The standard InChI is InChI=1S/C20H20N4O4S/c1-28-13-8-9-14(17(11-13)24(26)27)21-19(25)12-23-10-4-6-16(23)20-22-15-5-2-3-7-18(15)29-20/h2-3,5,7-9,11,16H,4,6,10,12H2,1H3,(H,21,25)/t16-/m1/s1. The van der Waals surface area contributed by atoms with Gasteiger partial charge in [-0.3, -0.25) is 19.8 Å². The number of aromatic nitrogens is 1. The van der Waals surface area contributed by atoms with Crippen molar-refractivity contribution in [3.8, 4) is 5.75 Å². The molecule has 0 saturated carbocycles. The molecule has 2 aromatic carbocycles. The van der Waals surface area contributed by atoms with Crippen molar-refractivity contribution in [1.82, 2.24) is 9.88 Å². The highest BCUT2D eigenvalue weighted by Gasteiger charge is 2.30. The number of nitro benzene ring substituents is 1. The zero-order chi connectivity index (χ0) is 20.4. The van der Waals surface area contributed by atoms with Crippen LogP contribution in [-0.2, 0) is 4.79 Å². The summed E-state index contributed by atoms with van der Waals surface area (Å²) >= 11 is 1.65. The van der Waals surface area contributed by atoms with Crippen molar-refractivity contribution >= 4 is 38.8 Å². The van der Waals surface area contributed by atoms with Crippen LogP contribution < -0.4 is 10.1 Å². The average molecular weight is 412 g/mol. The summed E-state index contributed by atoms with van der Waals surface area (Å²) in [5.74, 6) is 0.0800. The molecule has 1 aliphatic rings. The summed E-state index contributed by atoms with van der Waals surface area (Å²) < 4.78 is 6.16. The highest BCUT2D eigenvalue weighted by Crippen LogP contribution is 2.36. The van der Waals surface area contributed by atoms with Crippen molar-refractivity contribution < 1.29 is 14.5 Å². The van der Waals surface area contributed by atoms with E-state index in [0.717, 1.165) is 34.6 Å². The molecule has 1 N–H and O–H groups in total. The molecule has 1 aliphatic heterocycles. The molecule has 3 aromatic rings. The van der Waals surface area contributed by atoms with Crippen LogP contribution in [0.5, 0.6) is 5.75 Å². The molecule has 8 nitrogen and oxygen atoms in total. The maximum atomic E-state index is 12.6. The zero-order valence-corrected chi connectivity index (χ0v) is 16.6. The third-order valence-electron chi connectivity index (χ3n) is 4.98. The molecular weight excluding hydrogens is 392 g/mol. The number of thiazole rings is 1. The lowest BCUT2D eigenvalue weighted by molar-refractivity contribution is -0.384. The number of nitro groups is 1. The van der Waals surface area contributed by atoms with Gasteiger partial charge >= 0.3 is 0 Å². The van der Waals surface area contributed by atoms with Gasteiger partial charge in [-0.2, -0.15) is 0 Å². The van der Waals surface area contributed by atoms with E-state index in [-0.39, 0.29) is 29.9 Å². The van der Waals surface area contributed by atoms with E-state index in [1.807, 2.05) is 24.3 Å². The number of anilines is 1. The number of para-hydroxylation sites is 1. The first-order valence-corrected chi connectivity index (χ1v) is 10.1. The minimum Gasteiger partial charge on any atom is -0.496 e. The van der Waals surface area contributed by atoms with Crippen LogP contribution in [-0.4, -0.2) is 40.9 Å². The molecule has 9 heteroatoms. The van der Waals surface area contributed by atoms with E-state index in [2.05, 4.69) is 10.2 Å². The molecule has 4 rings (SSSR count). The Labute approximate surface area is 171 Å². The summed E-state index contributed by atoms with van der Waals surface area (Å²) in [4.78, 5) is 30.2. The Bertz CT molecular complexity index is 1030. The molecule has 1 amide bonds. The second-order valence-corrected chi connectivity index (χ2v) is 7.90. The Hall–Kier alpha value is -3.04. The Morgan fingerprint density at radius 1 is 1.38 bits per heavy atom. The molecule has 0 unspecified atom stereocenters. The first-order chi connectivity index (χ1) is 14.0. The molecule has 1 saturated heterocycles. The lowest BCUT2D eigenvalue weighted by Crippen LogP contribution is -2.33. The number of hydrogen-bond donors (Lipinski definition) is 1. The van der Waals surface area contributed by atoms with Gasteiger partial charge in [-0.25, -0.2) is 4.98 Å². The third-order valence-corrected chi connectivity index (χ3v) is 6.12. The van der Waals surface area contributed by atoms with Gasteiger partial charge in [-0.1, -0.05) is 12.1 Å². The van der Waals surface area contributed by atoms with Crippen molar-refractivity contribution in [3.63, 3.8) is 0 Å². The van der Waals surface area contributed by atoms with Gasteiger partial charge in [0.15, 0.2) is 0 Å². The van der Waals surface area contributed by atoms with E-state index in [0.29, 0.717) is 5.75 Å². The number of likely N-dealkylation sites (tertiary alicyclic amines) is 1. The summed E-state index contributed by atoms with van der Waals surface area (Å²) in [5.41, 5.74) is 0.941. The zero-order valence-electron chi connectivity index (χ0n) is 15.8. The summed E-state index contributed by atoms with van der Waals surface area (Å²) in [5, 5.41) is 15.0. The number of hydrogen-bond acceptors (Lipinski definition) is 7. The van der Waals surface area contributed by atoms with Gasteiger partial charge in [0.1, 0.15) is 16.4 Å². The first kappa shape index (κ1) is 19.3. The number of carbonyl (C=O) groups is 1. The van der Waals surface area contributed by atoms with Crippen molar-refractivity contribution in [2.75, 3.05) is 25.5 Å². The number of fused-ring (bicyclic) bond motifs is 1. The van der Waals surface area contributed by atoms with Crippen molar-refractivity contribution in [2.24, 2.45) is 0 Å². The number of benzene rings is 2. The van der Waals surface area contributed by atoms with Gasteiger partial charge in [0, 0.05) is 0 Å². The Kier molecular flexibility index (Phi) is 5.41. The highest BCUT2D eigenvalue weighted by molar-refractivity contribution is 7.18. The Morgan fingerprint density at radius 2 is 2.21 bits per heavy atom. The van der Waals surface area contributed by atoms with E-state index in [1.165, 1.54) is 19.2 Å². The number of rotatable bonds is 6. The van der Waals surface area contributed by atoms with Gasteiger partial charge < -0.3 is 10.1 Å². The summed E-state index contributed by atoms with van der Waals surface area (Å²) in [7, 11) is 1.44. The fraction of sp³-hybridized carbons (Fsp3) is 0.300. The Balaban J connectivity index is 1.48. The lowest BCUT2D eigenvalue weighted by Gasteiger charge is -2.22. The summed E-state index contributed by atoms with van der Waals surface area (Å²) in [6.07, 6.45) is 1.92. The van der Waals surface area contributed by atoms with Crippen LogP contribution in [0.25, 0.3) is 10.2 Å². The molecule has 1 aromatic heterocycles. The molecule has 150 valence electrons. The summed E-state index contributed by atoms with van der Waals surface area (Å²) in [6, 6.07) is 12.5. The number of carbonyl (C=O) groups excluding carboxylic acids is 1. The number of amides is 1. The molecule has 0 radical (unpaired) electrons. The van der Waals surface area contributed by atoms with E-state index in [1.54, 1.807) is 17.4 Å². The molecule has 2 heterocycles. The van der Waals surface area contributed by atoms with Crippen LogP contribution in [0.4, 0.5) is 11.4 Å². The maximum Gasteiger partial charge on any atom is 0.296 e. The number of nitrogens with one attached hydrogen (secondary N) is 1. The first-order valence-electron chi connectivity index (χ1n) is 9.27. The number of methoxy groups -OCH3 is 1. The summed E-state index contributed by atoms with van der Waals surface area (Å²) in [6.45, 7) is 0.947. The van der Waals surface area contributed by atoms with Crippen LogP contribution in [0.3, 0.4) is 0 Å². The molecule has 0 bridgehead atoms. The van der Waals surface area contributed by atoms with Crippen molar-refractivity contribution in [1.29, 1.82) is 0 Å². The quantitative estimate of drug-likeness (QED) is 0.486. The minimum atomic E-state index is -0.530. The lowest BCUT2D eigenvalue weighted by atomic mass is 10.2. The van der Waals surface area contributed by atoms with Crippen molar-refractivity contribution in [2.45, 2.75) is 18.9 Å². The van der Waals surface area contributed by atoms with Gasteiger partial charge in [-0.15, -0.1) is 11.3 Å². The molecule has 29 heavy (non-hydrogen) atoms. The van der Waals surface area contributed by atoms with Gasteiger partial charge in [0.25, 0.3) is 5.69 Å². The van der Waals surface area contributed by atoms with Crippen LogP contribution in [0.15, 0.2) is 42.5 Å². The molecular formula is C20H20N4O4S. The predicted molar refractivity (Wildman–Crippen MR) is 111 cm³/mol. The number of ether oxygens (including phenoxy) is 1. The third kappa shape index (κ3) is 4.06. The van der Waals surface area contributed by atoms with E-state index in [4.69, 9.17) is 9.72 Å².